The van der Waals surface area contributed by atoms with Crippen LogP contribution in [0.3, 0.4) is 0 Å². The van der Waals surface area contributed by atoms with Gasteiger partial charge < -0.3 is 19.7 Å². The third kappa shape index (κ3) is 3.57. The van der Waals surface area contributed by atoms with Crippen LogP contribution >= 0.6 is 0 Å². The summed E-state index contributed by atoms with van der Waals surface area (Å²) in [6.07, 6.45) is 0.753. The first-order chi connectivity index (χ1) is 15.6. The van der Waals surface area contributed by atoms with Crippen molar-refractivity contribution in [3.8, 4) is 11.3 Å². The van der Waals surface area contributed by atoms with E-state index in [4.69, 9.17) is 0 Å². The van der Waals surface area contributed by atoms with E-state index >= 15 is 0 Å². The highest BCUT2D eigenvalue weighted by Gasteiger charge is 2.30. The Bertz CT molecular complexity index is 1280. The van der Waals surface area contributed by atoms with Gasteiger partial charge in [0.05, 0.1) is 0 Å². The molecule has 5 heteroatoms. The fraction of sp³-hybridized carbons (Fsp3) is 0.296. The quantitative estimate of drug-likeness (QED) is 0.515. The fourth-order valence-corrected chi connectivity index (χ4v) is 5.12. The van der Waals surface area contributed by atoms with Gasteiger partial charge in [0.1, 0.15) is 0 Å². The summed E-state index contributed by atoms with van der Waals surface area (Å²) < 4.78 is 2.21. The Kier molecular flexibility index (Phi) is 5.45. The van der Waals surface area contributed by atoms with Crippen molar-refractivity contribution in [1.82, 2.24) is 9.47 Å². The fourth-order valence-electron chi connectivity index (χ4n) is 5.12. The summed E-state index contributed by atoms with van der Waals surface area (Å²) >= 11 is 0. The minimum absolute atomic E-state index is 0.0170. The van der Waals surface area contributed by atoms with Gasteiger partial charge in [0.25, 0.3) is 5.91 Å². The Morgan fingerprint density at radius 3 is 2.34 bits per heavy atom. The molecule has 0 bridgehead atoms. The molecule has 1 amide bonds. The molecule has 2 N–H and O–H groups in total. The monoisotopic (exact) mass is 428 g/mol. The highest BCUT2D eigenvalue weighted by molar-refractivity contribution is 6.03. The minimum atomic E-state index is -0.0430. The molecule has 0 spiro atoms. The molecule has 5 nitrogen and oxygen atoms in total. The summed E-state index contributed by atoms with van der Waals surface area (Å²) in [7, 11) is 2.08. The first kappa shape index (κ1) is 20.7. The van der Waals surface area contributed by atoms with E-state index in [-0.39, 0.29) is 31.0 Å². The van der Waals surface area contributed by atoms with Crippen LogP contribution in [0.4, 0.5) is 0 Å². The highest BCUT2D eigenvalue weighted by atomic mass is 16.3. The van der Waals surface area contributed by atoms with Gasteiger partial charge in [0.15, 0.2) is 0 Å². The molecule has 0 aliphatic carbocycles. The second-order valence-electron chi connectivity index (χ2n) is 8.93. The van der Waals surface area contributed by atoms with Gasteiger partial charge in [-0.1, -0.05) is 42.5 Å². The zero-order chi connectivity index (χ0) is 22.2. The number of likely N-dealkylation sites (tertiary alicyclic amines) is 1. The number of piperidine rings is 1. The van der Waals surface area contributed by atoms with E-state index in [1.807, 2.05) is 30.3 Å². The van der Waals surface area contributed by atoms with Gasteiger partial charge in [-0.25, -0.2) is 0 Å². The van der Waals surface area contributed by atoms with Crippen molar-refractivity contribution < 1.29 is 15.0 Å². The molecule has 1 fully saturated rings. The maximum absolute atomic E-state index is 13.3. The van der Waals surface area contributed by atoms with Crippen LogP contribution in [0, 0.1) is 11.8 Å². The van der Waals surface area contributed by atoms with Gasteiger partial charge in [-0.3, -0.25) is 4.79 Å². The molecule has 5 rings (SSSR count). The van der Waals surface area contributed by atoms with Crippen molar-refractivity contribution in [3.05, 3.63) is 72.3 Å². The standard InChI is InChI=1S/C27H28N2O3/c1-28-25-8-3-2-5-21(25)13-26(28)24-7-4-6-20-12-22(9-10-23(20)24)27(32)29-14-18(16-30)11-19(15-29)17-31/h2-10,12-13,18-19,30-31H,11,14-17H2,1H3/t18-,19+. The molecule has 1 aromatic heterocycles. The average Bonchev–Trinajstić information content (AvgIpc) is 3.18. The lowest BCUT2D eigenvalue weighted by molar-refractivity contribution is 0.0415. The summed E-state index contributed by atoms with van der Waals surface area (Å²) in [5.41, 5.74) is 4.11. The summed E-state index contributed by atoms with van der Waals surface area (Å²) in [6.45, 7) is 1.12. The van der Waals surface area contributed by atoms with E-state index in [1.165, 1.54) is 10.9 Å². The van der Waals surface area contributed by atoms with Crippen molar-refractivity contribution >= 4 is 27.6 Å². The SMILES string of the molecule is Cn1c(-c2cccc3cc(C(=O)N4C[C@H](CO)C[C@H](CO)C4)ccc23)cc2ccccc21. The van der Waals surface area contributed by atoms with Crippen LogP contribution in [0.15, 0.2) is 66.7 Å². The second kappa shape index (κ2) is 8.41. The van der Waals surface area contributed by atoms with Crippen LogP contribution in [0.5, 0.6) is 0 Å². The van der Waals surface area contributed by atoms with Crippen LogP contribution in [0.25, 0.3) is 32.9 Å². The van der Waals surface area contributed by atoms with E-state index in [0.29, 0.717) is 18.7 Å². The summed E-state index contributed by atoms with van der Waals surface area (Å²) in [6, 6.07) is 22.7. The maximum atomic E-state index is 13.3. The first-order valence-corrected chi connectivity index (χ1v) is 11.2. The summed E-state index contributed by atoms with van der Waals surface area (Å²) in [4.78, 5) is 15.0. The molecule has 0 saturated carbocycles. The van der Waals surface area contributed by atoms with Crippen molar-refractivity contribution in [2.75, 3.05) is 26.3 Å². The number of rotatable bonds is 4. The number of aliphatic hydroxyl groups is 2. The van der Waals surface area contributed by atoms with Crippen molar-refractivity contribution in [2.24, 2.45) is 18.9 Å². The Labute approximate surface area is 187 Å². The summed E-state index contributed by atoms with van der Waals surface area (Å²) in [5, 5.41) is 22.5. The molecular formula is C27H28N2O3. The lowest BCUT2D eigenvalue weighted by Crippen LogP contribution is -2.45. The summed E-state index contributed by atoms with van der Waals surface area (Å²) in [5.74, 6) is -0.00901. The number of amides is 1. The smallest absolute Gasteiger partial charge is 0.253 e. The number of aliphatic hydroxyl groups excluding tert-OH is 2. The normalized spacial score (nSPS) is 19.0. The van der Waals surface area contributed by atoms with Gasteiger partial charge in [-0.15, -0.1) is 0 Å². The molecule has 1 aliphatic heterocycles. The van der Waals surface area contributed by atoms with Gasteiger partial charge >= 0.3 is 0 Å². The van der Waals surface area contributed by atoms with Crippen LogP contribution in [-0.2, 0) is 7.05 Å². The van der Waals surface area contributed by atoms with Crippen LogP contribution in [-0.4, -0.2) is 51.9 Å². The van der Waals surface area contributed by atoms with Crippen LogP contribution < -0.4 is 0 Å². The van der Waals surface area contributed by atoms with E-state index < -0.39 is 0 Å². The van der Waals surface area contributed by atoms with Gasteiger partial charge in [-0.05, 0) is 41.5 Å². The molecular weight excluding hydrogens is 400 g/mol. The predicted octanol–water partition coefficient (Wildman–Crippen LogP) is 4.06. The topological polar surface area (TPSA) is 65.7 Å². The number of nitrogens with zero attached hydrogens (tertiary/aromatic N) is 2. The van der Waals surface area contributed by atoms with Crippen molar-refractivity contribution in [1.29, 1.82) is 0 Å². The molecule has 164 valence electrons. The van der Waals surface area contributed by atoms with Gasteiger partial charge in [-0.2, -0.15) is 0 Å². The third-order valence-corrected chi connectivity index (χ3v) is 6.78. The Morgan fingerprint density at radius 1 is 0.906 bits per heavy atom. The molecule has 32 heavy (non-hydrogen) atoms. The van der Waals surface area contributed by atoms with Crippen molar-refractivity contribution in [3.63, 3.8) is 0 Å². The van der Waals surface area contributed by atoms with E-state index in [9.17, 15) is 15.0 Å². The Morgan fingerprint density at radius 2 is 1.62 bits per heavy atom. The second-order valence-corrected chi connectivity index (χ2v) is 8.93. The largest absolute Gasteiger partial charge is 0.396 e. The number of benzene rings is 3. The van der Waals surface area contributed by atoms with E-state index in [0.717, 1.165) is 28.5 Å². The van der Waals surface area contributed by atoms with Gasteiger partial charge in [0.2, 0.25) is 0 Å². The Balaban J connectivity index is 1.51. The molecule has 1 aliphatic rings. The molecule has 0 unspecified atom stereocenters. The molecule has 2 heterocycles. The number of hydrogen-bond donors (Lipinski definition) is 2. The van der Waals surface area contributed by atoms with E-state index in [2.05, 4.69) is 48.0 Å². The zero-order valence-corrected chi connectivity index (χ0v) is 18.2. The van der Waals surface area contributed by atoms with Gasteiger partial charge in [0, 0.05) is 72.9 Å². The third-order valence-electron chi connectivity index (χ3n) is 6.78. The number of aromatic nitrogens is 1. The molecule has 2 atom stereocenters. The number of carbonyl (C=O) groups excluding carboxylic acids is 1. The Hall–Kier alpha value is -3.15. The molecule has 1 saturated heterocycles. The maximum Gasteiger partial charge on any atom is 0.253 e. The highest BCUT2D eigenvalue weighted by Crippen LogP contribution is 2.33. The lowest BCUT2D eigenvalue weighted by atomic mass is 9.89. The molecule has 3 aromatic carbocycles. The van der Waals surface area contributed by atoms with E-state index in [1.54, 1.807) is 4.90 Å². The van der Waals surface area contributed by atoms with Crippen LogP contribution in [0.1, 0.15) is 16.8 Å². The lowest BCUT2D eigenvalue weighted by Gasteiger charge is -2.36. The zero-order valence-electron chi connectivity index (χ0n) is 18.2. The van der Waals surface area contributed by atoms with Crippen molar-refractivity contribution in [2.45, 2.75) is 6.42 Å². The number of para-hydroxylation sites is 1. The average molecular weight is 429 g/mol. The van der Waals surface area contributed by atoms with Crippen LogP contribution in [0.2, 0.25) is 0 Å². The first-order valence-electron chi connectivity index (χ1n) is 11.2. The predicted molar refractivity (Wildman–Crippen MR) is 128 cm³/mol. The number of hydrogen-bond acceptors (Lipinski definition) is 3. The number of aryl methyl sites for hydroxylation is 1. The molecule has 4 aromatic rings. The number of fused-ring (bicyclic) bond motifs is 2. The number of carbonyl (C=O) groups is 1. The minimum Gasteiger partial charge on any atom is -0.396 e. The molecule has 0 radical (unpaired) electrons.